The van der Waals surface area contributed by atoms with Gasteiger partial charge < -0.3 is 19.7 Å². The van der Waals surface area contributed by atoms with Gasteiger partial charge in [0.05, 0.1) is 12.3 Å². The number of anilines is 2. The molecule has 0 spiro atoms. The lowest BCUT2D eigenvalue weighted by molar-refractivity contribution is 0.0474. The molecule has 0 radical (unpaired) electrons. The number of amides is 1. The van der Waals surface area contributed by atoms with Gasteiger partial charge in [-0.05, 0) is 49.2 Å². The molecule has 29 heavy (non-hydrogen) atoms. The summed E-state index contributed by atoms with van der Waals surface area (Å²) in [5.74, 6) is -1.61. The number of rotatable bonds is 4. The van der Waals surface area contributed by atoms with Crippen molar-refractivity contribution in [3.05, 3.63) is 65.9 Å². The Balaban J connectivity index is 1.46. The largest absolute Gasteiger partial charge is 0.420 e. The van der Waals surface area contributed by atoms with Crippen molar-refractivity contribution in [2.24, 2.45) is 0 Å². The molecule has 6 nitrogen and oxygen atoms in total. The van der Waals surface area contributed by atoms with Crippen LogP contribution in [0.15, 0.2) is 53.1 Å². The van der Waals surface area contributed by atoms with Crippen molar-refractivity contribution in [3.8, 4) is 11.5 Å². The summed E-state index contributed by atoms with van der Waals surface area (Å²) in [6.45, 7) is 0.968. The van der Waals surface area contributed by atoms with Crippen molar-refractivity contribution >= 4 is 17.5 Å². The molecule has 1 aliphatic rings. The molecule has 2 heterocycles. The maximum Gasteiger partial charge on any atom is 0.253 e. The number of benzene rings is 2. The number of nitrogens with one attached hydrogen (secondary N) is 1. The van der Waals surface area contributed by atoms with E-state index >= 15 is 0 Å². The Morgan fingerprint density at radius 2 is 1.90 bits per heavy atom. The minimum Gasteiger partial charge on any atom is -0.420 e. The summed E-state index contributed by atoms with van der Waals surface area (Å²) < 4.78 is 33.1. The Labute approximate surface area is 165 Å². The number of oxazole rings is 1. The Hall–Kier alpha value is -3.26. The molecule has 8 heteroatoms. The summed E-state index contributed by atoms with van der Waals surface area (Å²) in [6.07, 6.45) is 2.34. The SMILES string of the molecule is O=C(c1ccc(Nc2cnc(-c3c(F)cccc3F)o2)cc1)N1CCCC(O)C1. The van der Waals surface area contributed by atoms with Crippen molar-refractivity contribution in [1.29, 1.82) is 0 Å². The number of aliphatic hydroxyl groups excluding tert-OH is 1. The molecule has 0 bridgehead atoms. The van der Waals surface area contributed by atoms with Crippen LogP contribution < -0.4 is 5.32 Å². The van der Waals surface area contributed by atoms with Gasteiger partial charge in [-0.1, -0.05) is 6.07 Å². The van der Waals surface area contributed by atoms with Gasteiger partial charge in [0, 0.05) is 24.3 Å². The van der Waals surface area contributed by atoms with Crippen molar-refractivity contribution < 1.29 is 23.1 Å². The highest BCUT2D eigenvalue weighted by Crippen LogP contribution is 2.28. The summed E-state index contributed by atoms with van der Waals surface area (Å²) in [7, 11) is 0. The lowest BCUT2D eigenvalue weighted by Crippen LogP contribution is -2.42. The number of likely N-dealkylation sites (tertiary alicyclic amines) is 1. The minimum absolute atomic E-state index is 0.132. The Bertz CT molecular complexity index is 1000. The third-order valence-corrected chi connectivity index (χ3v) is 4.77. The third kappa shape index (κ3) is 4.12. The first kappa shape index (κ1) is 19.1. The highest BCUT2D eigenvalue weighted by atomic mass is 19.1. The van der Waals surface area contributed by atoms with Gasteiger partial charge in [-0.3, -0.25) is 4.79 Å². The monoisotopic (exact) mass is 399 g/mol. The maximum absolute atomic E-state index is 13.9. The zero-order valence-corrected chi connectivity index (χ0v) is 15.4. The van der Waals surface area contributed by atoms with Crippen molar-refractivity contribution in [1.82, 2.24) is 9.88 Å². The predicted molar refractivity (Wildman–Crippen MR) is 103 cm³/mol. The molecular weight excluding hydrogens is 380 g/mol. The normalized spacial score (nSPS) is 16.7. The molecule has 1 atom stereocenters. The average molecular weight is 399 g/mol. The first-order chi connectivity index (χ1) is 14.0. The fourth-order valence-corrected chi connectivity index (χ4v) is 3.31. The third-order valence-electron chi connectivity index (χ3n) is 4.77. The van der Waals surface area contributed by atoms with E-state index in [1.165, 1.54) is 12.3 Å². The molecule has 1 amide bonds. The smallest absolute Gasteiger partial charge is 0.253 e. The summed E-state index contributed by atoms with van der Waals surface area (Å²) in [5.41, 5.74) is 0.804. The Morgan fingerprint density at radius 3 is 2.59 bits per heavy atom. The van der Waals surface area contributed by atoms with Crippen LogP contribution in [0.2, 0.25) is 0 Å². The minimum atomic E-state index is -0.760. The van der Waals surface area contributed by atoms with E-state index in [0.717, 1.165) is 18.6 Å². The second-order valence-electron chi connectivity index (χ2n) is 6.88. The number of hydrogen-bond donors (Lipinski definition) is 2. The zero-order valence-electron chi connectivity index (χ0n) is 15.4. The van der Waals surface area contributed by atoms with E-state index in [9.17, 15) is 18.7 Å². The molecule has 1 aliphatic heterocycles. The van der Waals surface area contributed by atoms with Crippen LogP contribution in [0, 0.1) is 11.6 Å². The second kappa shape index (κ2) is 8.00. The fraction of sp³-hybridized carbons (Fsp3) is 0.238. The highest BCUT2D eigenvalue weighted by molar-refractivity contribution is 5.94. The molecule has 150 valence electrons. The molecule has 1 unspecified atom stereocenters. The first-order valence-electron chi connectivity index (χ1n) is 9.26. The molecule has 2 N–H and O–H groups in total. The molecule has 4 rings (SSSR count). The van der Waals surface area contributed by atoms with E-state index < -0.39 is 17.7 Å². The van der Waals surface area contributed by atoms with E-state index in [1.807, 2.05) is 0 Å². The molecule has 0 aliphatic carbocycles. The number of piperidine rings is 1. The van der Waals surface area contributed by atoms with E-state index in [0.29, 0.717) is 30.8 Å². The van der Waals surface area contributed by atoms with Crippen LogP contribution in [0.3, 0.4) is 0 Å². The van der Waals surface area contributed by atoms with Gasteiger partial charge in [-0.2, -0.15) is 0 Å². The molecule has 2 aromatic carbocycles. The van der Waals surface area contributed by atoms with Crippen LogP contribution in [0.25, 0.3) is 11.5 Å². The van der Waals surface area contributed by atoms with Gasteiger partial charge >= 0.3 is 0 Å². The van der Waals surface area contributed by atoms with Gasteiger partial charge in [0.1, 0.15) is 17.2 Å². The molecular formula is C21H19F2N3O3. The Kier molecular flexibility index (Phi) is 5.26. The summed E-state index contributed by atoms with van der Waals surface area (Å²) in [4.78, 5) is 18.1. The Morgan fingerprint density at radius 1 is 1.17 bits per heavy atom. The quantitative estimate of drug-likeness (QED) is 0.694. The topological polar surface area (TPSA) is 78.6 Å². The van der Waals surface area contributed by atoms with E-state index in [4.69, 9.17) is 4.42 Å². The van der Waals surface area contributed by atoms with Crippen molar-refractivity contribution in [2.75, 3.05) is 18.4 Å². The molecule has 0 saturated carbocycles. The molecule has 1 aromatic heterocycles. The number of nitrogens with zero attached hydrogens (tertiary/aromatic N) is 2. The van der Waals surface area contributed by atoms with Gasteiger partial charge in [0.15, 0.2) is 0 Å². The number of aliphatic hydroxyl groups is 1. The standard InChI is InChI=1S/C21H19F2N3O3/c22-16-4-1-5-17(23)19(16)20-24-11-18(29-20)25-14-8-6-13(7-9-14)21(28)26-10-2-3-15(27)12-26/h1,4-9,11,15,25,27H,2-3,10,12H2. The summed E-state index contributed by atoms with van der Waals surface area (Å²) >= 11 is 0. The van der Waals surface area contributed by atoms with Crippen LogP contribution in [-0.2, 0) is 0 Å². The van der Waals surface area contributed by atoms with Crippen molar-refractivity contribution in [2.45, 2.75) is 18.9 Å². The van der Waals surface area contributed by atoms with E-state index in [-0.39, 0.29) is 23.2 Å². The second-order valence-corrected chi connectivity index (χ2v) is 6.88. The first-order valence-corrected chi connectivity index (χ1v) is 9.26. The predicted octanol–water partition coefficient (Wildman–Crippen LogP) is 3.96. The van der Waals surface area contributed by atoms with Crippen LogP contribution in [0.1, 0.15) is 23.2 Å². The summed E-state index contributed by atoms with van der Waals surface area (Å²) in [5, 5.41) is 12.7. The number of β-amino-alcohol motifs (C(OH)–C–C–N with tert-alkyl or cyclic N) is 1. The number of carbonyl (C=O) groups is 1. The lowest BCUT2D eigenvalue weighted by Gasteiger charge is -2.30. The van der Waals surface area contributed by atoms with E-state index in [1.54, 1.807) is 29.2 Å². The van der Waals surface area contributed by atoms with Crippen LogP contribution in [-0.4, -0.2) is 40.1 Å². The van der Waals surface area contributed by atoms with Gasteiger partial charge in [-0.15, -0.1) is 0 Å². The van der Waals surface area contributed by atoms with Gasteiger partial charge in [0.25, 0.3) is 5.91 Å². The number of halogens is 2. The molecule has 1 saturated heterocycles. The van der Waals surface area contributed by atoms with Crippen LogP contribution in [0.4, 0.5) is 20.4 Å². The molecule has 1 fully saturated rings. The van der Waals surface area contributed by atoms with Gasteiger partial charge in [0.2, 0.25) is 11.8 Å². The van der Waals surface area contributed by atoms with Crippen LogP contribution >= 0.6 is 0 Å². The van der Waals surface area contributed by atoms with Crippen molar-refractivity contribution in [3.63, 3.8) is 0 Å². The lowest BCUT2D eigenvalue weighted by atomic mass is 10.1. The number of carbonyl (C=O) groups excluding carboxylic acids is 1. The molecule has 3 aromatic rings. The number of aromatic nitrogens is 1. The average Bonchev–Trinajstić information content (AvgIpc) is 3.16. The van der Waals surface area contributed by atoms with Crippen LogP contribution in [0.5, 0.6) is 0 Å². The number of hydrogen-bond acceptors (Lipinski definition) is 5. The van der Waals surface area contributed by atoms with Gasteiger partial charge in [-0.25, -0.2) is 13.8 Å². The van der Waals surface area contributed by atoms with E-state index in [2.05, 4.69) is 10.3 Å². The zero-order chi connectivity index (χ0) is 20.4. The summed E-state index contributed by atoms with van der Waals surface area (Å²) in [6, 6.07) is 10.3. The fourth-order valence-electron chi connectivity index (χ4n) is 3.31. The maximum atomic E-state index is 13.9. The highest BCUT2D eigenvalue weighted by Gasteiger charge is 2.23.